The molecule has 0 aliphatic carbocycles. The molecule has 0 aromatic heterocycles. The van der Waals surface area contributed by atoms with Gasteiger partial charge >= 0.3 is 0 Å². The Bertz CT molecular complexity index is 124. The molecule has 13 heavy (non-hydrogen) atoms. The lowest BCUT2D eigenvalue weighted by Gasteiger charge is -2.14. The van der Waals surface area contributed by atoms with Gasteiger partial charge in [0.1, 0.15) is 0 Å². The summed E-state index contributed by atoms with van der Waals surface area (Å²) < 4.78 is 5.82. The molecular weight excluding hydrogens is 176 g/mol. The van der Waals surface area contributed by atoms with Crippen LogP contribution in [-0.4, -0.2) is 15.9 Å². The Balaban J connectivity index is 3.43. The average Bonchev–Trinajstić information content (AvgIpc) is 2.13. The van der Waals surface area contributed by atoms with E-state index in [2.05, 4.69) is 20.1 Å². The molecule has 0 saturated heterocycles. The van der Waals surface area contributed by atoms with E-state index in [1.54, 1.807) is 0 Å². The van der Waals surface area contributed by atoms with Gasteiger partial charge in [-0.15, -0.1) is 13.2 Å². The monoisotopic (exact) mass is 198 g/mol. The topological polar surface area (TPSA) is 9.23 Å². The highest BCUT2D eigenvalue weighted by Crippen LogP contribution is 2.06. The Kier molecular flexibility index (Phi) is 9.49. The first-order chi connectivity index (χ1) is 6.35. The molecule has 0 radical (unpaired) electrons. The van der Waals surface area contributed by atoms with Gasteiger partial charge in [-0.25, -0.2) is 0 Å². The third-order valence-corrected chi connectivity index (χ3v) is 3.46. The normalized spacial score (nSPS) is 11.2. The Hall–Kier alpha value is -0.343. The number of hydrogen-bond acceptors (Lipinski definition) is 1. The Labute approximate surface area is 84.8 Å². The van der Waals surface area contributed by atoms with E-state index in [1.165, 1.54) is 18.9 Å². The van der Waals surface area contributed by atoms with Crippen LogP contribution in [0.1, 0.15) is 32.6 Å². The molecule has 0 aromatic rings. The molecule has 0 bridgehead atoms. The van der Waals surface area contributed by atoms with Crippen LogP contribution in [0.3, 0.4) is 0 Å². The summed E-state index contributed by atoms with van der Waals surface area (Å²) in [4.78, 5) is 0. The second-order valence-corrected chi connectivity index (χ2v) is 4.70. The van der Waals surface area contributed by atoms with Gasteiger partial charge in [-0.3, -0.25) is 0 Å². The first kappa shape index (κ1) is 12.7. The minimum atomic E-state index is -0.283. The molecule has 0 amide bonds. The minimum Gasteiger partial charge on any atom is -0.420 e. The predicted octanol–water partition coefficient (Wildman–Crippen LogP) is 2.83. The molecule has 0 unspecified atom stereocenters. The summed E-state index contributed by atoms with van der Waals surface area (Å²) in [6.45, 7) is 9.68. The minimum absolute atomic E-state index is 0.283. The fraction of sp³-hybridized carbons (Fsp3) is 0.636. The summed E-state index contributed by atoms with van der Waals surface area (Å²) in [5, 5.41) is 0. The summed E-state index contributed by atoms with van der Waals surface area (Å²) in [5.41, 5.74) is 0. The van der Waals surface area contributed by atoms with Crippen molar-refractivity contribution in [1.29, 1.82) is 0 Å². The van der Waals surface area contributed by atoms with Crippen LogP contribution in [-0.2, 0) is 4.43 Å². The van der Waals surface area contributed by atoms with Gasteiger partial charge in [-0.05, 0) is 18.9 Å². The maximum absolute atomic E-state index is 5.82. The van der Waals surface area contributed by atoms with Crippen LogP contribution in [0.5, 0.6) is 0 Å². The van der Waals surface area contributed by atoms with Crippen molar-refractivity contribution in [3.63, 3.8) is 0 Å². The zero-order valence-corrected chi connectivity index (χ0v) is 10.2. The molecule has 0 atom stereocenters. The second kappa shape index (κ2) is 9.74. The largest absolute Gasteiger partial charge is 0.420 e. The van der Waals surface area contributed by atoms with Gasteiger partial charge in [-0.2, -0.15) is 0 Å². The van der Waals surface area contributed by atoms with Gasteiger partial charge in [0, 0.05) is 0 Å². The van der Waals surface area contributed by atoms with Crippen molar-refractivity contribution < 1.29 is 4.43 Å². The van der Waals surface area contributed by atoms with Crippen molar-refractivity contribution in [2.45, 2.75) is 44.8 Å². The van der Waals surface area contributed by atoms with E-state index in [1.807, 2.05) is 12.2 Å². The van der Waals surface area contributed by atoms with Gasteiger partial charge in [0.05, 0.1) is 6.10 Å². The van der Waals surface area contributed by atoms with Crippen molar-refractivity contribution in [3.05, 3.63) is 25.3 Å². The van der Waals surface area contributed by atoms with Crippen LogP contribution in [0, 0.1) is 0 Å². The van der Waals surface area contributed by atoms with E-state index in [0.29, 0.717) is 6.10 Å². The number of rotatable bonds is 9. The molecule has 0 fully saturated rings. The quantitative estimate of drug-likeness (QED) is 0.314. The zero-order valence-electron chi connectivity index (χ0n) is 8.80. The number of hydrogen-bond donors (Lipinski definition) is 0. The first-order valence-corrected chi connectivity index (χ1v) is 6.76. The Morgan fingerprint density at radius 2 is 1.92 bits per heavy atom. The molecule has 0 rings (SSSR count). The lowest BCUT2D eigenvalue weighted by molar-refractivity contribution is 0.218. The van der Waals surface area contributed by atoms with E-state index >= 15 is 0 Å². The molecule has 1 nitrogen and oxygen atoms in total. The maximum Gasteiger partial charge on any atom is 0.162 e. The SMILES string of the molecule is C=CCC(CC=C)O[SiH2]CCCC. The van der Waals surface area contributed by atoms with Crippen LogP contribution < -0.4 is 0 Å². The van der Waals surface area contributed by atoms with Crippen molar-refractivity contribution in [3.8, 4) is 0 Å². The third-order valence-electron chi connectivity index (χ3n) is 1.96. The molecular formula is C11H22OSi. The van der Waals surface area contributed by atoms with Crippen molar-refractivity contribution >= 4 is 9.76 Å². The van der Waals surface area contributed by atoms with E-state index < -0.39 is 0 Å². The van der Waals surface area contributed by atoms with Gasteiger partial charge in [0.25, 0.3) is 0 Å². The highest BCUT2D eigenvalue weighted by Gasteiger charge is 2.03. The lowest BCUT2D eigenvalue weighted by Crippen LogP contribution is -2.13. The Morgan fingerprint density at radius 3 is 2.38 bits per heavy atom. The molecule has 0 aromatic carbocycles. The van der Waals surface area contributed by atoms with E-state index in [9.17, 15) is 0 Å². The summed E-state index contributed by atoms with van der Waals surface area (Å²) in [5.74, 6) is 0. The van der Waals surface area contributed by atoms with E-state index in [0.717, 1.165) is 12.8 Å². The fourth-order valence-corrected chi connectivity index (χ4v) is 2.68. The summed E-state index contributed by atoms with van der Waals surface area (Å²) in [6.07, 6.45) is 8.75. The van der Waals surface area contributed by atoms with Crippen LogP contribution in [0.15, 0.2) is 25.3 Å². The van der Waals surface area contributed by atoms with Crippen molar-refractivity contribution in [1.82, 2.24) is 0 Å². The molecule has 76 valence electrons. The molecule has 0 N–H and O–H groups in total. The van der Waals surface area contributed by atoms with Gasteiger partial charge in [0.2, 0.25) is 0 Å². The summed E-state index contributed by atoms with van der Waals surface area (Å²) in [6, 6.07) is 1.31. The van der Waals surface area contributed by atoms with Crippen LogP contribution in [0.4, 0.5) is 0 Å². The smallest absolute Gasteiger partial charge is 0.162 e. The standard InChI is InChI=1S/C11H22OSi/c1-4-7-10-13-12-11(8-5-2)9-6-3/h5-6,11H,2-4,7-10,13H2,1H3. The first-order valence-electron chi connectivity index (χ1n) is 5.18. The van der Waals surface area contributed by atoms with Gasteiger partial charge < -0.3 is 4.43 Å². The average molecular weight is 198 g/mol. The lowest BCUT2D eigenvalue weighted by atomic mass is 10.2. The highest BCUT2D eigenvalue weighted by atomic mass is 28.2. The highest BCUT2D eigenvalue weighted by molar-refractivity contribution is 6.27. The molecule has 0 aliphatic heterocycles. The van der Waals surface area contributed by atoms with Crippen LogP contribution in [0.2, 0.25) is 6.04 Å². The second-order valence-electron chi connectivity index (χ2n) is 3.25. The molecule has 2 heteroatoms. The fourth-order valence-electron chi connectivity index (χ4n) is 1.21. The summed E-state index contributed by atoms with van der Waals surface area (Å²) >= 11 is 0. The number of unbranched alkanes of at least 4 members (excludes halogenated alkanes) is 1. The maximum atomic E-state index is 5.82. The molecule has 0 heterocycles. The van der Waals surface area contributed by atoms with Crippen LogP contribution in [0.25, 0.3) is 0 Å². The Morgan fingerprint density at radius 1 is 1.31 bits per heavy atom. The molecule has 0 saturated carbocycles. The third kappa shape index (κ3) is 8.00. The van der Waals surface area contributed by atoms with Crippen molar-refractivity contribution in [2.75, 3.05) is 0 Å². The van der Waals surface area contributed by atoms with Crippen molar-refractivity contribution in [2.24, 2.45) is 0 Å². The molecule has 0 spiro atoms. The van der Waals surface area contributed by atoms with Gasteiger partial charge in [-0.1, -0.05) is 31.9 Å². The van der Waals surface area contributed by atoms with E-state index in [4.69, 9.17) is 4.43 Å². The predicted molar refractivity (Wildman–Crippen MR) is 62.8 cm³/mol. The summed E-state index contributed by atoms with van der Waals surface area (Å²) in [7, 11) is -0.283. The van der Waals surface area contributed by atoms with Crippen LogP contribution >= 0.6 is 0 Å². The van der Waals surface area contributed by atoms with E-state index in [-0.39, 0.29) is 9.76 Å². The zero-order chi connectivity index (χ0) is 9.94. The molecule has 0 aliphatic rings. The van der Waals surface area contributed by atoms with Gasteiger partial charge in [0.15, 0.2) is 9.76 Å².